The van der Waals surface area contributed by atoms with E-state index >= 15 is 0 Å². The topological polar surface area (TPSA) is 64.7 Å². The Kier molecular flexibility index (Phi) is 5.55. The van der Waals surface area contributed by atoms with Gasteiger partial charge in [0.05, 0.1) is 6.54 Å². The average Bonchev–Trinajstić information content (AvgIpc) is 2.27. The van der Waals surface area contributed by atoms with E-state index in [1.54, 1.807) is 19.0 Å². The Morgan fingerprint density at radius 2 is 2.11 bits per heavy atom. The van der Waals surface area contributed by atoms with Crippen LogP contribution in [0.2, 0.25) is 0 Å². The molecule has 1 aliphatic rings. The van der Waals surface area contributed by atoms with Gasteiger partial charge in [-0.3, -0.25) is 14.5 Å². The molecule has 6 nitrogen and oxygen atoms in total. The second-order valence-corrected chi connectivity index (χ2v) is 5.15. The molecule has 1 unspecified atom stereocenters. The van der Waals surface area contributed by atoms with E-state index in [0.717, 1.165) is 13.1 Å². The van der Waals surface area contributed by atoms with Crippen LogP contribution in [0, 0.1) is 0 Å². The predicted octanol–water partition coefficient (Wildman–Crippen LogP) is -1.13. The lowest BCUT2D eigenvalue weighted by atomic mass is 10.1. The maximum atomic E-state index is 12.0. The summed E-state index contributed by atoms with van der Waals surface area (Å²) in [4.78, 5) is 27.3. The molecule has 1 rings (SSSR count). The Morgan fingerprint density at radius 3 is 2.67 bits per heavy atom. The van der Waals surface area contributed by atoms with Crippen LogP contribution in [0.4, 0.5) is 0 Å². The monoisotopic (exact) mass is 256 g/mol. The number of rotatable bonds is 4. The van der Waals surface area contributed by atoms with Crippen molar-refractivity contribution in [1.82, 2.24) is 20.4 Å². The normalized spacial score (nSPS) is 20.8. The van der Waals surface area contributed by atoms with Crippen LogP contribution in [0.1, 0.15) is 13.8 Å². The quantitative estimate of drug-likeness (QED) is 0.668. The highest BCUT2D eigenvalue weighted by Gasteiger charge is 2.30. The van der Waals surface area contributed by atoms with Crippen molar-refractivity contribution in [1.29, 1.82) is 0 Å². The van der Waals surface area contributed by atoms with Crippen molar-refractivity contribution >= 4 is 11.8 Å². The van der Waals surface area contributed by atoms with Crippen LogP contribution in [0.15, 0.2) is 0 Å². The molecule has 1 saturated heterocycles. The minimum absolute atomic E-state index is 0.0246. The molecule has 0 radical (unpaired) electrons. The van der Waals surface area contributed by atoms with E-state index in [1.165, 1.54) is 0 Å². The zero-order chi connectivity index (χ0) is 13.7. The van der Waals surface area contributed by atoms with Gasteiger partial charge in [-0.05, 0) is 13.8 Å². The number of piperazine rings is 1. The van der Waals surface area contributed by atoms with Gasteiger partial charge in [0.15, 0.2) is 0 Å². The van der Waals surface area contributed by atoms with Gasteiger partial charge in [0.25, 0.3) is 0 Å². The van der Waals surface area contributed by atoms with E-state index in [1.807, 2.05) is 18.7 Å². The van der Waals surface area contributed by atoms with Gasteiger partial charge in [-0.1, -0.05) is 0 Å². The number of carbonyl (C=O) groups is 2. The second-order valence-electron chi connectivity index (χ2n) is 5.15. The number of amides is 2. The first kappa shape index (κ1) is 14.9. The molecular formula is C12H24N4O2. The fourth-order valence-corrected chi connectivity index (χ4v) is 2.03. The lowest BCUT2D eigenvalue weighted by Crippen LogP contribution is -2.59. The maximum Gasteiger partial charge on any atom is 0.240 e. The molecule has 18 heavy (non-hydrogen) atoms. The van der Waals surface area contributed by atoms with E-state index < -0.39 is 0 Å². The molecule has 0 aromatic carbocycles. The second kappa shape index (κ2) is 6.70. The minimum atomic E-state index is -0.244. The highest BCUT2D eigenvalue weighted by Crippen LogP contribution is 2.05. The van der Waals surface area contributed by atoms with Gasteiger partial charge in [-0.2, -0.15) is 0 Å². The highest BCUT2D eigenvalue weighted by molar-refractivity contribution is 5.83. The molecular weight excluding hydrogens is 232 g/mol. The van der Waals surface area contributed by atoms with Crippen molar-refractivity contribution in [3.8, 4) is 0 Å². The summed E-state index contributed by atoms with van der Waals surface area (Å²) in [5, 5.41) is 6.05. The van der Waals surface area contributed by atoms with Gasteiger partial charge in [-0.25, -0.2) is 0 Å². The Balaban J connectivity index is 2.59. The summed E-state index contributed by atoms with van der Waals surface area (Å²) in [5.74, 6) is 0.0167. The van der Waals surface area contributed by atoms with Gasteiger partial charge >= 0.3 is 0 Å². The van der Waals surface area contributed by atoms with Crippen LogP contribution in [0.25, 0.3) is 0 Å². The van der Waals surface area contributed by atoms with Crippen LogP contribution in [-0.2, 0) is 9.59 Å². The number of nitrogens with zero attached hydrogens (tertiary/aromatic N) is 2. The molecule has 0 saturated carbocycles. The summed E-state index contributed by atoms with van der Waals surface area (Å²) in [7, 11) is 3.48. The number of hydrogen-bond acceptors (Lipinski definition) is 4. The van der Waals surface area contributed by atoms with Crippen LogP contribution in [0.3, 0.4) is 0 Å². The third-order valence-electron chi connectivity index (χ3n) is 2.88. The SMILES string of the molecule is CC(C)NC(=O)CN1CCNCC1C(=O)N(C)C. The summed E-state index contributed by atoms with van der Waals surface area (Å²) in [6, 6.07) is -0.116. The number of nitrogens with one attached hydrogen (secondary N) is 2. The van der Waals surface area contributed by atoms with Crippen molar-refractivity contribution in [3.63, 3.8) is 0 Å². The van der Waals surface area contributed by atoms with Gasteiger partial charge in [0, 0.05) is 39.8 Å². The van der Waals surface area contributed by atoms with Gasteiger partial charge in [0.2, 0.25) is 11.8 Å². The van der Waals surface area contributed by atoms with E-state index in [2.05, 4.69) is 10.6 Å². The molecule has 1 fully saturated rings. The van der Waals surface area contributed by atoms with E-state index in [-0.39, 0.29) is 30.4 Å². The zero-order valence-electron chi connectivity index (χ0n) is 11.7. The van der Waals surface area contributed by atoms with Gasteiger partial charge in [-0.15, -0.1) is 0 Å². The van der Waals surface area contributed by atoms with E-state index in [9.17, 15) is 9.59 Å². The Morgan fingerprint density at radius 1 is 1.44 bits per heavy atom. The van der Waals surface area contributed by atoms with Crippen molar-refractivity contribution in [2.24, 2.45) is 0 Å². The molecule has 0 aliphatic carbocycles. The molecule has 104 valence electrons. The van der Waals surface area contributed by atoms with E-state index in [0.29, 0.717) is 6.54 Å². The maximum absolute atomic E-state index is 12.0. The molecule has 2 N–H and O–H groups in total. The van der Waals surface area contributed by atoms with Crippen LogP contribution in [-0.4, -0.2) is 74.0 Å². The first-order valence-electron chi connectivity index (χ1n) is 6.37. The molecule has 0 spiro atoms. The number of hydrogen-bond donors (Lipinski definition) is 2. The summed E-state index contributed by atoms with van der Waals surface area (Å²) < 4.78 is 0. The van der Waals surface area contributed by atoms with Crippen LogP contribution >= 0.6 is 0 Å². The molecule has 0 bridgehead atoms. The Bertz CT molecular complexity index is 304. The lowest BCUT2D eigenvalue weighted by molar-refractivity contribution is -0.136. The van der Waals surface area contributed by atoms with Crippen molar-refractivity contribution in [2.75, 3.05) is 40.3 Å². The average molecular weight is 256 g/mol. The fraction of sp³-hybridized carbons (Fsp3) is 0.833. The Labute approximate surface area is 109 Å². The molecule has 1 atom stereocenters. The molecule has 1 aliphatic heterocycles. The fourth-order valence-electron chi connectivity index (χ4n) is 2.03. The third kappa shape index (κ3) is 4.27. The van der Waals surface area contributed by atoms with E-state index in [4.69, 9.17) is 0 Å². The molecule has 0 aromatic rings. The van der Waals surface area contributed by atoms with Crippen LogP contribution < -0.4 is 10.6 Å². The van der Waals surface area contributed by atoms with Crippen LogP contribution in [0.5, 0.6) is 0 Å². The Hall–Kier alpha value is -1.14. The highest BCUT2D eigenvalue weighted by atomic mass is 16.2. The number of likely N-dealkylation sites (N-methyl/N-ethyl adjacent to an activating group) is 1. The summed E-state index contributed by atoms with van der Waals surface area (Å²) >= 11 is 0. The molecule has 2 amide bonds. The lowest BCUT2D eigenvalue weighted by Gasteiger charge is -2.36. The predicted molar refractivity (Wildman–Crippen MR) is 70.2 cm³/mol. The summed E-state index contributed by atoms with van der Waals surface area (Å²) in [5.41, 5.74) is 0. The smallest absolute Gasteiger partial charge is 0.240 e. The molecule has 6 heteroatoms. The standard InChI is InChI=1S/C12H24N4O2/c1-9(2)14-11(17)8-16-6-5-13-7-10(16)12(18)15(3)4/h9-10,13H,5-8H2,1-4H3,(H,14,17). The van der Waals surface area contributed by atoms with Crippen molar-refractivity contribution in [2.45, 2.75) is 25.9 Å². The summed E-state index contributed by atoms with van der Waals surface area (Å²) in [6.45, 7) is 6.27. The van der Waals surface area contributed by atoms with Crippen molar-refractivity contribution in [3.05, 3.63) is 0 Å². The molecule has 0 aromatic heterocycles. The van der Waals surface area contributed by atoms with Gasteiger partial charge in [0.1, 0.15) is 6.04 Å². The summed E-state index contributed by atoms with van der Waals surface area (Å²) in [6.07, 6.45) is 0. The number of carbonyl (C=O) groups excluding carboxylic acids is 2. The third-order valence-corrected chi connectivity index (χ3v) is 2.88. The minimum Gasteiger partial charge on any atom is -0.353 e. The van der Waals surface area contributed by atoms with Gasteiger partial charge < -0.3 is 15.5 Å². The largest absolute Gasteiger partial charge is 0.353 e. The first-order valence-corrected chi connectivity index (χ1v) is 6.37. The zero-order valence-corrected chi connectivity index (χ0v) is 11.7. The molecule has 1 heterocycles. The first-order chi connectivity index (χ1) is 8.41. The van der Waals surface area contributed by atoms with Crippen molar-refractivity contribution < 1.29 is 9.59 Å².